The average molecular weight is 585 g/mol. The minimum atomic E-state index is -2.62. The fraction of sp³-hybridized carbons (Fsp3) is 0.417. The van der Waals surface area contributed by atoms with Gasteiger partial charge in [0.15, 0.2) is 17.2 Å². The summed E-state index contributed by atoms with van der Waals surface area (Å²) >= 11 is 0. The SMILES string of the molecule is C=C(CC)Cc1ccc(-c2ccc(O)c3c2C[C@]2(C)C[C@]4(C)C(C(C)C)C(O)=C(C(C)=O)C(=O)[C@]4(O)C(O)=C2C3=O)cc1. The first-order valence-electron chi connectivity index (χ1n) is 14.8. The van der Waals surface area contributed by atoms with Crippen LogP contribution in [0.25, 0.3) is 11.1 Å². The first-order valence-corrected chi connectivity index (χ1v) is 14.8. The van der Waals surface area contributed by atoms with Crippen LogP contribution in [0.3, 0.4) is 0 Å². The number of aromatic hydroxyl groups is 1. The lowest BCUT2D eigenvalue weighted by Gasteiger charge is -2.59. The van der Waals surface area contributed by atoms with Crippen molar-refractivity contribution in [1.29, 1.82) is 0 Å². The molecular weight excluding hydrogens is 544 g/mol. The minimum Gasteiger partial charge on any atom is -0.511 e. The Morgan fingerprint density at radius 3 is 2.23 bits per heavy atom. The lowest BCUT2D eigenvalue weighted by Crippen LogP contribution is -2.67. The second kappa shape index (κ2) is 10.1. The Kier molecular flexibility index (Phi) is 7.13. The van der Waals surface area contributed by atoms with Crippen LogP contribution < -0.4 is 0 Å². The first-order chi connectivity index (χ1) is 20.0. The van der Waals surface area contributed by atoms with E-state index in [0.29, 0.717) is 5.56 Å². The molecule has 0 fully saturated rings. The Morgan fingerprint density at radius 1 is 1.05 bits per heavy atom. The molecule has 2 aromatic rings. The number of phenols is 1. The maximum absolute atomic E-state index is 14.3. The van der Waals surface area contributed by atoms with E-state index in [2.05, 4.69) is 13.5 Å². The number of ketones is 3. The van der Waals surface area contributed by atoms with Crippen molar-refractivity contribution in [3.8, 4) is 16.9 Å². The first kappa shape index (κ1) is 30.5. The van der Waals surface area contributed by atoms with Gasteiger partial charge < -0.3 is 20.4 Å². The summed E-state index contributed by atoms with van der Waals surface area (Å²) in [5.74, 6) is -5.19. The zero-order valence-corrected chi connectivity index (χ0v) is 25.7. The smallest absolute Gasteiger partial charge is 0.209 e. The van der Waals surface area contributed by atoms with Gasteiger partial charge in [0.2, 0.25) is 5.78 Å². The highest BCUT2D eigenvalue weighted by atomic mass is 16.3. The Labute approximate surface area is 252 Å². The highest BCUT2D eigenvalue weighted by Gasteiger charge is 2.71. The van der Waals surface area contributed by atoms with Crippen LogP contribution in [0.2, 0.25) is 0 Å². The summed E-state index contributed by atoms with van der Waals surface area (Å²) in [5.41, 5.74) is -1.39. The van der Waals surface area contributed by atoms with E-state index in [1.165, 1.54) is 6.07 Å². The lowest BCUT2D eigenvalue weighted by atomic mass is 9.44. The lowest BCUT2D eigenvalue weighted by molar-refractivity contribution is -0.171. The van der Waals surface area contributed by atoms with E-state index in [1.807, 2.05) is 38.1 Å². The zero-order valence-electron chi connectivity index (χ0n) is 25.7. The Hall–Kier alpha value is -3.97. The number of allylic oxidation sites excluding steroid dienone is 3. The summed E-state index contributed by atoms with van der Waals surface area (Å²) in [5, 5.41) is 46.2. The van der Waals surface area contributed by atoms with E-state index in [0.717, 1.165) is 42.0 Å². The molecule has 3 aliphatic carbocycles. The second-order valence-corrected chi connectivity index (χ2v) is 13.4. The zero-order chi connectivity index (χ0) is 31.8. The molecule has 0 heterocycles. The molecule has 4 atom stereocenters. The molecule has 2 aromatic carbocycles. The molecule has 0 radical (unpaired) electrons. The molecule has 0 aromatic heterocycles. The minimum absolute atomic E-state index is 0.0148. The van der Waals surface area contributed by atoms with Gasteiger partial charge in [0.1, 0.15) is 22.8 Å². The van der Waals surface area contributed by atoms with Gasteiger partial charge >= 0.3 is 0 Å². The van der Waals surface area contributed by atoms with Crippen molar-refractivity contribution in [2.75, 3.05) is 0 Å². The number of aliphatic hydroxyl groups is 3. The highest BCUT2D eigenvalue weighted by Crippen LogP contribution is 2.65. The average Bonchev–Trinajstić information content (AvgIpc) is 2.91. The van der Waals surface area contributed by atoms with Gasteiger partial charge in [-0.05, 0) is 66.8 Å². The van der Waals surface area contributed by atoms with Crippen LogP contribution in [0.4, 0.5) is 0 Å². The van der Waals surface area contributed by atoms with Gasteiger partial charge in [-0.3, -0.25) is 14.4 Å². The van der Waals surface area contributed by atoms with Crippen molar-refractivity contribution in [3.05, 3.63) is 87.9 Å². The third-order valence-electron chi connectivity index (χ3n) is 10.1. The molecule has 1 unspecified atom stereocenters. The maximum atomic E-state index is 14.3. The van der Waals surface area contributed by atoms with E-state index < -0.39 is 56.8 Å². The van der Waals surface area contributed by atoms with Gasteiger partial charge in [-0.15, -0.1) is 0 Å². The molecule has 3 aliphatic rings. The molecule has 7 heteroatoms. The number of hydrogen-bond acceptors (Lipinski definition) is 7. The van der Waals surface area contributed by atoms with Crippen LogP contribution in [0, 0.1) is 22.7 Å². The van der Waals surface area contributed by atoms with Crippen molar-refractivity contribution >= 4 is 17.3 Å². The van der Waals surface area contributed by atoms with Crippen LogP contribution in [0.15, 0.2) is 71.2 Å². The van der Waals surface area contributed by atoms with Crippen LogP contribution in [0.5, 0.6) is 5.75 Å². The van der Waals surface area contributed by atoms with E-state index in [-0.39, 0.29) is 35.6 Å². The van der Waals surface area contributed by atoms with Crippen LogP contribution in [-0.2, 0) is 22.4 Å². The van der Waals surface area contributed by atoms with E-state index in [9.17, 15) is 34.8 Å². The quantitative estimate of drug-likeness (QED) is 0.224. The van der Waals surface area contributed by atoms with Crippen LogP contribution >= 0.6 is 0 Å². The van der Waals surface area contributed by atoms with Crippen molar-refractivity contribution in [1.82, 2.24) is 0 Å². The van der Waals surface area contributed by atoms with Gasteiger partial charge in [0.05, 0.1) is 5.56 Å². The van der Waals surface area contributed by atoms with Crippen molar-refractivity contribution in [3.63, 3.8) is 0 Å². The molecule has 5 rings (SSSR count). The predicted molar refractivity (Wildman–Crippen MR) is 164 cm³/mol. The second-order valence-electron chi connectivity index (χ2n) is 13.4. The molecule has 43 heavy (non-hydrogen) atoms. The number of carbonyl (C=O) groups excluding carboxylic acids is 3. The largest absolute Gasteiger partial charge is 0.511 e. The third kappa shape index (κ3) is 4.15. The van der Waals surface area contributed by atoms with Gasteiger partial charge in [0.25, 0.3) is 0 Å². The molecule has 0 amide bonds. The van der Waals surface area contributed by atoms with Crippen LogP contribution in [-0.4, -0.2) is 43.4 Å². The molecule has 0 aliphatic heterocycles. The summed E-state index contributed by atoms with van der Waals surface area (Å²) in [7, 11) is 0. The van der Waals surface area contributed by atoms with Crippen molar-refractivity contribution in [2.24, 2.45) is 22.7 Å². The summed E-state index contributed by atoms with van der Waals surface area (Å²) in [6.45, 7) is 14.3. The molecule has 7 nitrogen and oxygen atoms in total. The molecule has 0 bridgehead atoms. The summed E-state index contributed by atoms with van der Waals surface area (Å²) in [6.07, 6.45) is 1.92. The topological polar surface area (TPSA) is 132 Å². The van der Waals surface area contributed by atoms with Crippen molar-refractivity contribution < 1.29 is 34.8 Å². The van der Waals surface area contributed by atoms with Gasteiger partial charge in [0, 0.05) is 22.3 Å². The molecule has 4 N–H and O–H groups in total. The number of carbonyl (C=O) groups is 3. The number of Topliss-reactive ketones (excluding diaryl/α,β-unsaturated/α-hetero) is 3. The Balaban J connectivity index is 1.72. The number of aliphatic hydroxyl groups excluding tert-OH is 2. The van der Waals surface area contributed by atoms with Crippen LogP contribution in [0.1, 0.15) is 75.9 Å². The monoisotopic (exact) mass is 584 g/mol. The van der Waals surface area contributed by atoms with Crippen molar-refractivity contribution in [2.45, 2.75) is 72.8 Å². The van der Waals surface area contributed by atoms with E-state index in [1.54, 1.807) is 19.9 Å². The fourth-order valence-electron chi connectivity index (χ4n) is 8.22. The van der Waals surface area contributed by atoms with E-state index >= 15 is 0 Å². The normalized spacial score (nSPS) is 28.5. The van der Waals surface area contributed by atoms with E-state index in [4.69, 9.17) is 0 Å². The molecule has 226 valence electrons. The van der Waals surface area contributed by atoms with Gasteiger partial charge in [-0.2, -0.15) is 0 Å². The standard InChI is InChI=1S/C36H40O7/c1-8-19(4)15-21-9-11-22(12-10-21)23-13-14-25(38)27-24(23)16-34(6)17-35(7)28(18(2)3)30(39)26(20(5)37)32(41)36(35,43)33(42)29(34)31(27)40/h9-14,18,28,38-39,42-43H,4,8,15-17H2,1-3,5-7H3/t28?,34-,35-,36+/m1/s1. The summed E-state index contributed by atoms with van der Waals surface area (Å²) in [6, 6.07) is 11.2. The van der Waals surface area contributed by atoms with Gasteiger partial charge in [-0.25, -0.2) is 0 Å². The summed E-state index contributed by atoms with van der Waals surface area (Å²) < 4.78 is 0. The predicted octanol–water partition coefficient (Wildman–Crippen LogP) is 6.52. The molecule has 0 saturated heterocycles. The number of benzene rings is 2. The number of hydrogen-bond donors (Lipinski definition) is 4. The Morgan fingerprint density at radius 2 is 1.67 bits per heavy atom. The summed E-state index contributed by atoms with van der Waals surface area (Å²) in [4.78, 5) is 40.6. The Bertz CT molecular complexity index is 1660. The number of rotatable bonds is 6. The maximum Gasteiger partial charge on any atom is 0.209 e. The molecule has 0 saturated carbocycles. The third-order valence-corrected chi connectivity index (χ3v) is 10.1. The fourth-order valence-corrected chi connectivity index (χ4v) is 8.22. The van der Waals surface area contributed by atoms with Gasteiger partial charge in [-0.1, -0.05) is 77.1 Å². The number of fused-ring (bicyclic) bond motifs is 3. The molecular formula is C36H40O7. The molecule has 0 spiro atoms. The highest BCUT2D eigenvalue weighted by molar-refractivity contribution is 6.25. The number of phenolic OH excluding ortho intramolecular Hbond substituents is 1.